The lowest BCUT2D eigenvalue weighted by Crippen LogP contribution is -2.43. The van der Waals surface area contributed by atoms with Crippen LogP contribution in [0.25, 0.3) is 22.3 Å². The molecule has 0 atom stereocenters. The molecule has 0 spiro atoms. The highest BCUT2D eigenvalue weighted by Crippen LogP contribution is 2.36. The van der Waals surface area contributed by atoms with Gasteiger partial charge in [-0.2, -0.15) is 10.00 Å². The SMILES string of the molecule is Cn1nc(C(=O)CCCN2CCOCC2)cc1-c1cc2c(N(C(=O)OC(C)(C)C)C(=O)OC(C)(C)C)cccc2n1C(=O)OC(C)(C)C. The first-order chi connectivity index (χ1) is 22.2. The van der Waals surface area contributed by atoms with Crippen molar-refractivity contribution in [2.24, 2.45) is 7.05 Å². The number of aryl methyl sites for hydroxylation is 1. The number of rotatable bonds is 7. The van der Waals surface area contributed by atoms with Crippen molar-refractivity contribution < 1.29 is 38.1 Å². The molecule has 1 aliphatic rings. The second kappa shape index (κ2) is 14.1. The third-order valence-electron chi connectivity index (χ3n) is 7.20. The van der Waals surface area contributed by atoms with Gasteiger partial charge in [0, 0.05) is 31.9 Å². The van der Waals surface area contributed by atoms with Crippen LogP contribution >= 0.6 is 0 Å². The van der Waals surface area contributed by atoms with Crippen LogP contribution in [0, 0.1) is 0 Å². The van der Waals surface area contributed by atoms with E-state index in [2.05, 4.69) is 10.00 Å². The molecule has 0 unspecified atom stereocenters. The lowest BCUT2D eigenvalue weighted by atomic mass is 10.1. The molecular formula is C35H49N5O8. The molecule has 2 amide bonds. The molecule has 48 heavy (non-hydrogen) atoms. The summed E-state index contributed by atoms with van der Waals surface area (Å²) in [5.74, 6) is -0.119. The number of carbonyl (C=O) groups excluding carboxylic acids is 4. The van der Waals surface area contributed by atoms with E-state index in [0.29, 0.717) is 48.3 Å². The quantitative estimate of drug-likeness (QED) is 0.196. The molecule has 1 saturated heterocycles. The van der Waals surface area contributed by atoms with E-state index >= 15 is 0 Å². The summed E-state index contributed by atoms with van der Waals surface area (Å²) < 4.78 is 25.3. The molecule has 1 aliphatic heterocycles. The van der Waals surface area contributed by atoms with Crippen LogP contribution in [-0.4, -0.2) is 93.0 Å². The molecule has 262 valence electrons. The number of aromatic nitrogens is 3. The fourth-order valence-electron chi connectivity index (χ4n) is 5.25. The molecule has 13 nitrogen and oxygen atoms in total. The minimum absolute atomic E-state index is 0.119. The fourth-order valence-corrected chi connectivity index (χ4v) is 5.25. The Labute approximate surface area is 282 Å². The maximum atomic E-state index is 13.8. The van der Waals surface area contributed by atoms with Crippen molar-refractivity contribution >= 4 is 40.7 Å². The minimum atomic E-state index is -0.943. The first kappa shape index (κ1) is 36.6. The van der Waals surface area contributed by atoms with Crippen LogP contribution in [-0.2, 0) is 26.0 Å². The topological polar surface area (TPSA) is 134 Å². The van der Waals surface area contributed by atoms with E-state index in [1.807, 2.05) is 0 Å². The van der Waals surface area contributed by atoms with Gasteiger partial charge in [-0.15, -0.1) is 0 Å². The molecule has 0 N–H and O–H groups in total. The van der Waals surface area contributed by atoms with E-state index in [1.54, 1.807) is 99.7 Å². The second-order valence-corrected chi connectivity index (χ2v) is 14.9. The zero-order valence-electron chi connectivity index (χ0n) is 29.8. The normalized spacial score (nSPS) is 14.5. The van der Waals surface area contributed by atoms with E-state index in [0.717, 1.165) is 24.5 Å². The van der Waals surface area contributed by atoms with Gasteiger partial charge >= 0.3 is 18.3 Å². The van der Waals surface area contributed by atoms with Gasteiger partial charge in [0.15, 0.2) is 5.78 Å². The zero-order valence-corrected chi connectivity index (χ0v) is 29.8. The fraction of sp³-hybridized carbons (Fsp3) is 0.571. The minimum Gasteiger partial charge on any atom is -0.443 e. The molecule has 3 aromatic rings. The van der Waals surface area contributed by atoms with Gasteiger partial charge in [0.25, 0.3) is 0 Å². The number of carbonyl (C=O) groups is 4. The molecule has 1 fully saturated rings. The Morgan fingerprint density at radius 3 is 1.98 bits per heavy atom. The second-order valence-electron chi connectivity index (χ2n) is 14.9. The standard InChI is InChI=1S/C35H49N5O8/c1-33(2,3)46-30(42)39-25-13-11-14-26(40(31(43)47-34(4,5)6)32(44)48-35(7,8)9)23(25)21-28(39)27-22-24(36-37(27)10)29(41)15-12-16-38-17-19-45-20-18-38/h11,13-14,21-22H,12,15-20H2,1-10H3. The Kier molecular flexibility index (Phi) is 10.7. The smallest absolute Gasteiger partial charge is 0.424 e. The van der Waals surface area contributed by atoms with E-state index in [1.165, 1.54) is 9.25 Å². The monoisotopic (exact) mass is 667 g/mol. The third-order valence-corrected chi connectivity index (χ3v) is 7.20. The summed E-state index contributed by atoms with van der Waals surface area (Å²) in [6.07, 6.45) is -1.58. The first-order valence-corrected chi connectivity index (χ1v) is 16.3. The number of hydrogen-bond donors (Lipinski definition) is 0. The van der Waals surface area contributed by atoms with Gasteiger partial charge in [0.2, 0.25) is 0 Å². The Balaban J connectivity index is 1.81. The summed E-state index contributed by atoms with van der Waals surface area (Å²) in [6.45, 7) is 19.3. The Bertz CT molecular complexity index is 1630. The number of fused-ring (bicyclic) bond motifs is 1. The molecule has 4 rings (SSSR count). The van der Waals surface area contributed by atoms with E-state index in [4.69, 9.17) is 18.9 Å². The maximum Gasteiger partial charge on any atom is 0.424 e. The van der Waals surface area contributed by atoms with E-state index in [9.17, 15) is 19.2 Å². The lowest BCUT2D eigenvalue weighted by Gasteiger charge is -2.29. The Morgan fingerprint density at radius 1 is 0.833 bits per heavy atom. The van der Waals surface area contributed by atoms with Gasteiger partial charge in [-0.05, 0) is 99.5 Å². The molecule has 0 saturated carbocycles. The molecule has 1 aromatic carbocycles. The number of amides is 2. The van der Waals surface area contributed by atoms with Crippen LogP contribution in [0.1, 0.15) is 85.6 Å². The average Bonchev–Trinajstić information content (AvgIpc) is 3.52. The number of Topliss-reactive ketones (excluding diaryl/α,β-unsaturated/α-hetero) is 1. The van der Waals surface area contributed by atoms with E-state index in [-0.39, 0.29) is 17.2 Å². The molecule has 0 radical (unpaired) electrons. The summed E-state index contributed by atoms with van der Waals surface area (Å²) in [5.41, 5.74) is -1.11. The van der Waals surface area contributed by atoms with Gasteiger partial charge in [-0.25, -0.2) is 19.0 Å². The van der Waals surface area contributed by atoms with Crippen molar-refractivity contribution in [3.05, 3.63) is 36.0 Å². The number of ketones is 1. The van der Waals surface area contributed by atoms with Gasteiger partial charge in [0.05, 0.1) is 35.8 Å². The average molecular weight is 668 g/mol. The van der Waals surface area contributed by atoms with Crippen molar-refractivity contribution in [1.29, 1.82) is 0 Å². The number of imide groups is 1. The van der Waals surface area contributed by atoms with Crippen LogP contribution < -0.4 is 4.90 Å². The van der Waals surface area contributed by atoms with Crippen LogP contribution in [0.3, 0.4) is 0 Å². The molecule has 0 bridgehead atoms. The van der Waals surface area contributed by atoms with Crippen LogP contribution in [0.4, 0.5) is 20.1 Å². The van der Waals surface area contributed by atoms with Crippen molar-refractivity contribution in [2.75, 3.05) is 37.7 Å². The number of anilines is 1. The van der Waals surface area contributed by atoms with Crippen molar-refractivity contribution in [3.8, 4) is 11.4 Å². The summed E-state index contributed by atoms with van der Waals surface area (Å²) >= 11 is 0. The number of hydrogen-bond acceptors (Lipinski definition) is 10. The zero-order chi connectivity index (χ0) is 35.6. The summed E-state index contributed by atoms with van der Waals surface area (Å²) in [7, 11) is 1.69. The lowest BCUT2D eigenvalue weighted by molar-refractivity contribution is 0.0371. The largest absolute Gasteiger partial charge is 0.443 e. The van der Waals surface area contributed by atoms with Crippen LogP contribution in [0.2, 0.25) is 0 Å². The summed E-state index contributed by atoms with van der Waals surface area (Å²) in [6, 6.07) is 8.19. The van der Waals surface area contributed by atoms with Crippen LogP contribution in [0.5, 0.6) is 0 Å². The molecule has 3 heterocycles. The summed E-state index contributed by atoms with van der Waals surface area (Å²) in [5, 5.41) is 4.87. The Morgan fingerprint density at radius 2 is 1.42 bits per heavy atom. The highest BCUT2D eigenvalue weighted by molar-refractivity contribution is 6.16. The number of nitrogens with zero attached hydrogens (tertiary/aromatic N) is 5. The number of benzene rings is 1. The summed E-state index contributed by atoms with van der Waals surface area (Å²) in [4.78, 5) is 57.3. The van der Waals surface area contributed by atoms with Crippen molar-refractivity contribution in [1.82, 2.24) is 19.2 Å². The first-order valence-electron chi connectivity index (χ1n) is 16.3. The van der Waals surface area contributed by atoms with Gasteiger partial charge in [-0.3, -0.25) is 14.4 Å². The molecule has 2 aromatic heterocycles. The highest BCUT2D eigenvalue weighted by Gasteiger charge is 2.35. The van der Waals surface area contributed by atoms with E-state index < -0.39 is 35.1 Å². The van der Waals surface area contributed by atoms with Crippen molar-refractivity contribution in [2.45, 2.75) is 92.0 Å². The predicted octanol–water partition coefficient (Wildman–Crippen LogP) is 6.80. The predicted molar refractivity (Wildman–Crippen MR) is 182 cm³/mol. The van der Waals surface area contributed by atoms with Crippen LogP contribution in [0.15, 0.2) is 30.3 Å². The Hall–Kier alpha value is -4.23. The highest BCUT2D eigenvalue weighted by atomic mass is 16.6. The van der Waals surface area contributed by atoms with Crippen molar-refractivity contribution in [3.63, 3.8) is 0 Å². The van der Waals surface area contributed by atoms with Gasteiger partial charge in [-0.1, -0.05) is 6.07 Å². The van der Waals surface area contributed by atoms with Gasteiger partial charge in [0.1, 0.15) is 22.5 Å². The molecular weight excluding hydrogens is 618 g/mol. The number of ether oxygens (including phenoxy) is 4. The number of morpholine rings is 1. The van der Waals surface area contributed by atoms with Gasteiger partial charge < -0.3 is 18.9 Å². The molecule has 0 aliphatic carbocycles. The molecule has 13 heteroatoms. The third kappa shape index (κ3) is 9.22. The maximum absolute atomic E-state index is 13.8.